The molecule has 0 saturated carbocycles. The van der Waals surface area contributed by atoms with Crippen molar-refractivity contribution in [1.29, 1.82) is 0 Å². The molecule has 1 N–H and O–H groups in total. The molecule has 0 unspecified atom stereocenters. The number of aryl methyl sites for hydroxylation is 2. The van der Waals surface area contributed by atoms with Crippen LogP contribution in [0.4, 0.5) is 0 Å². The van der Waals surface area contributed by atoms with Crippen molar-refractivity contribution in [1.82, 2.24) is 14.5 Å². The molecule has 3 aromatic rings. The first kappa shape index (κ1) is 14.9. The van der Waals surface area contributed by atoms with Gasteiger partial charge in [0.25, 0.3) is 5.56 Å². The first-order valence-corrected chi connectivity index (χ1v) is 8.36. The molecule has 3 heterocycles. The van der Waals surface area contributed by atoms with Gasteiger partial charge in [0.05, 0.1) is 18.3 Å². The van der Waals surface area contributed by atoms with Crippen LogP contribution < -0.4 is 5.56 Å². The molecule has 0 aromatic carbocycles. The van der Waals surface area contributed by atoms with E-state index in [9.17, 15) is 9.59 Å². The van der Waals surface area contributed by atoms with Gasteiger partial charge in [0.15, 0.2) is 5.69 Å². The lowest BCUT2D eigenvalue weighted by Crippen LogP contribution is -2.21. The SMILES string of the molecule is CCc1c(C)sc2ncn(Cc3nc(C(=O)O)cs3)c(=O)c12. The van der Waals surface area contributed by atoms with Crippen LogP contribution in [0.1, 0.15) is 32.9 Å². The Balaban J connectivity index is 2.05. The highest BCUT2D eigenvalue weighted by Crippen LogP contribution is 2.27. The lowest BCUT2D eigenvalue weighted by molar-refractivity contribution is 0.0691. The number of hydrogen-bond acceptors (Lipinski definition) is 6. The Morgan fingerprint density at radius 3 is 2.86 bits per heavy atom. The number of nitrogens with zero attached hydrogens (tertiary/aromatic N) is 3. The summed E-state index contributed by atoms with van der Waals surface area (Å²) in [5.41, 5.74) is 0.943. The van der Waals surface area contributed by atoms with Crippen LogP contribution in [-0.4, -0.2) is 25.6 Å². The Hall–Kier alpha value is -2.06. The van der Waals surface area contributed by atoms with Gasteiger partial charge in [-0.05, 0) is 18.9 Å². The minimum atomic E-state index is -1.06. The van der Waals surface area contributed by atoms with Crippen molar-refractivity contribution in [3.05, 3.63) is 43.2 Å². The summed E-state index contributed by atoms with van der Waals surface area (Å²) < 4.78 is 1.48. The van der Waals surface area contributed by atoms with E-state index in [-0.39, 0.29) is 17.8 Å². The molecule has 0 spiro atoms. The molecule has 0 atom stereocenters. The number of thiophene rings is 1. The minimum absolute atomic E-state index is 0.00251. The van der Waals surface area contributed by atoms with Gasteiger partial charge in [0, 0.05) is 10.3 Å². The lowest BCUT2D eigenvalue weighted by Gasteiger charge is -2.03. The third-order valence-corrected chi connectivity index (χ3v) is 5.30. The van der Waals surface area contributed by atoms with E-state index < -0.39 is 5.97 Å². The molecule has 0 bridgehead atoms. The van der Waals surface area contributed by atoms with E-state index in [4.69, 9.17) is 5.11 Å². The summed E-state index contributed by atoms with van der Waals surface area (Å²) in [4.78, 5) is 33.7. The standard InChI is InChI=1S/C14H13N3O3S2/c1-3-8-7(2)22-12-11(8)13(18)17(6-15-12)4-10-16-9(5-21-10)14(19)20/h5-6H,3-4H2,1-2H3,(H,19,20). The number of aromatic carboxylic acids is 1. The van der Waals surface area contributed by atoms with Crippen LogP contribution >= 0.6 is 22.7 Å². The Labute approximate surface area is 133 Å². The molecule has 0 fully saturated rings. The van der Waals surface area contributed by atoms with Gasteiger partial charge in [0.2, 0.25) is 0 Å². The summed E-state index contributed by atoms with van der Waals surface area (Å²) in [6.45, 7) is 4.25. The zero-order chi connectivity index (χ0) is 15.9. The van der Waals surface area contributed by atoms with Crippen LogP contribution in [0, 0.1) is 6.92 Å². The molecule has 0 amide bonds. The molecular weight excluding hydrogens is 322 g/mol. The van der Waals surface area contributed by atoms with Crippen molar-refractivity contribution in [2.24, 2.45) is 0 Å². The molecular formula is C14H13N3O3S2. The number of carbonyl (C=O) groups is 1. The van der Waals surface area contributed by atoms with E-state index in [1.54, 1.807) is 0 Å². The average molecular weight is 335 g/mol. The second-order valence-electron chi connectivity index (χ2n) is 4.78. The summed E-state index contributed by atoms with van der Waals surface area (Å²) in [5, 5.41) is 11.6. The molecule has 8 heteroatoms. The van der Waals surface area contributed by atoms with Gasteiger partial charge in [0.1, 0.15) is 9.84 Å². The minimum Gasteiger partial charge on any atom is -0.476 e. The fourth-order valence-electron chi connectivity index (χ4n) is 2.36. The fraction of sp³-hybridized carbons (Fsp3) is 0.286. The van der Waals surface area contributed by atoms with E-state index in [2.05, 4.69) is 9.97 Å². The number of hydrogen-bond donors (Lipinski definition) is 1. The van der Waals surface area contributed by atoms with E-state index in [0.29, 0.717) is 10.4 Å². The van der Waals surface area contributed by atoms with Crippen molar-refractivity contribution in [3.8, 4) is 0 Å². The van der Waals surface area contributed by atoms with Crippen molar-refractivity contribution >= 4 is 38.9 Å². The van der Waals surface area contributed by atoms with E-state index in [0.717, 1.165) is 21.7 Å². The van der Waals surface area contributed by atoms with Gasteiger partial charge in [-0.25, -0.2) is 14.8 Å². The van der Waals surface area contributed by atoms with Gasteiger partial charge >= 0.3 is 5.97 Å². The summed E-state index contributed by atoms with van der Waals surface area (Å²) in [6, 6.07) is 0. The highest BCUT2D eigenvalue weighted by atomic mass is 32.1. The van der Waals surface area contributed by atoms with Crippen LogP contribution in [0.2, 0.25) is 0 Å². The van der Waals surface area contributed by atoms with Gasteiger partial charge in [-0.3, -0.25) is 9.36 Å². The van der Waals surface area contributed by atoms with E-state index in [1.165, 1.54) is 38.9 Å². The van der Waals surface area contributed by atoms with Gasteiger partial charge in [-0.2, -0.15) is 0 Å². The summed E-state index contributed by atoms with van der Waals surface area (Å²) in [5.74, 6) is -1.06. The third kappa shape index (κ3) is 2.44. The molecule has 0 aliphatic heterocycles. The zero-order valence-electron chi connectivity index (χ0n) is 12.0. The average Bonchev–Trinajstić information content (AvgIpc) is 3.06. The maximum absolute atomic E-state index is 12.7. The monoisotopic (exact) mass is 335 g/mol. The molecule has 22 heavy (non-hydrogen) atoms. The fourth-order valence-corrected chi connectivity index (χ4v) is 4.20. The van der Waals surface area contributed by atoms with Crippen LogP contribution in [-0.2, 0) is 13.0 Å². The smallest absolute Gasteiger partial charge is 0.355 e. The highest BCUT2D eigenvalue weighted by Gasteiger charge is 2.15. The molecule has 0 aliphatic carbocycles. The van der Waals surface area contributed by atoms with Crippen LogP contribution in [0.25, 0.3) is 10.2 Å². The first-order valence-electron chi connectivity index (χ1n) is 6.66. The maximum atomic E-state index is 12.7. The van der Waals surface area contributed by atoms with Crippen LogP contribution in [0.3, 0.4) is 0 Å². The molecule has 0 radical (unpaired) electrons. The molecule has 114 valence electrons. The van der Waals surface area contributed by atoms with Gasteiger partial charge in [-0.1, -0.05) is 6.92 Å². The van der Waals surface area contributed by atoms with Crippen molar-refractivity contribution in [2.75, 3.05) is 0 Å². The van der Waals surface area contributed by atoms with Crippen LogP contribution in [0.15, 0.2) is 16.5 Å². The van der Waals surface area contributed by atoms with E-state index >= 15 is 0 Å². The number of thiazole rings is 1. The summed E-state index contributed by atoms with van der Waals surface area (Å²) in [7, 11) is 0. The van der Waals surface area contributed by atoms with Crippen molar-refractivity contribution in [3.63, 3.8) is 0 Å². The van der Waals surface area contributed by atoms with Crippen molar-refractivity contribution < 1.29 is 9.90 Å². The number of carboxylic acid groups (broad SMARTS) is 1. The molecule has 0 saturated heterocycles. The highest BCUT2D eigenvalue weighted by molar-refractivity contribution is 7.18. The molecule has 6 nitrogen and oxygen atoms in total. The Morgan fingerprint density at radius 2 is 2.23 bits per heavy atom. The van der Waals surface area contributed by atoms with Crippen molar-refractivity contribution in [2.45, 2.75) is 26.8 Å². The topological polar surface area (TPSA) is 85.1 Å². The normalized spacial score (nSPS) is 11.2. The molecule has 3 rings (SSSR count). The number of rotatable bonds is 4. The van der Waals surface area contributed by atoms with E-state index in [1.807, 2.05) is 13.8 Å². The predicted molar refractivity (Wildman–Crippen MR) is 86.2 cm³/mol. The Morgan fingerprint density at radius 1 is 1.45 bits per heavy atom. The quantitative estimate of drug-likeness (QED) is 0.792. The Kier molecular flexibility index (Phi) is 3.79. The second-order valence-corrected chi connectivity index (χ2v) is 6.93. The molecule has 3 aromatic heterocycles. The summed E-state index contributed by atoms with van der Waals surface area (Å²) in [6.07, 6.45) is 2.29. The summed E-state index contributed by atoms with van der Waals surface area (Å²) >= 11 is 2.75. The predicted octanol–water partition coefficient (Wildman–Crippen LogP) is 2.53. The second kappa shape index (κ2) is 5.62. The van der Waals surface area contributed by atoms with Crippen LogP contribution in [0.5, 0.6) is 0 Å². The zero-order valence-corrected chi connectivity index (χ0v) is 13.6. The first-order chi connectivity index (χ1) is 10.5. The van der Waals surface area contributed by atoms with Gasteiger partial charge in [-0.15, -0.1) is 22.7 Å². The number of carboxylic acids is 1. The maximum Gasteiger partial charge on any atom is 0.355 e. The number of aromatic nitrogens is 3. The number of fused-ring (bicyclic) bond motifs is 1. The largest absolute Gasteiger partial charge is 0.476 e. The lowest BCUT2D eigenvalue weighted by atomic mass is 10.1. The molecule has 0 aliphatic rings. The Bertz CT molecular complexity index is 923. The third-order valence-electron chi connectivity index (χ3n) is 3.41. The van der Waals surface area contributed by atoms with Gasteiger partial charge < -0.3 is 5.11 Å².